The Hall–Kier alpha value is -5.72. The van der Waals surface area contributed by atoms with Gasteiger partial charge < -0.3 is 0 Å². The molecule has 9 rings (SSSR count). The summed E-state index contributed by atoms with van der Waals surface area (Å²) in [4.78, 5) is 0. The summed E-state index contributed by atoms with van der Waals surface area (Å²) in [5.74, 6) is 0. The van der Waals surface area contributed by atoms with Crippen LogP contribution in [0.25, 0.3) is 54.9 Å². The van der Waals surface area contributed by atoms with Crippen LogP contribution < -0.4 is 0 Å². The lowest BCUT2D eigenvalue weighted by Crippen LogP contribution is -2.28. The molecule has 0 aliphatic heterocycles. The fourth-order valence-electron chi connectivity index (χ4n) is 8.14. The number of hydrogen-bond acceptors (Lipinski definition) is 0. The lowest BCUT2D eigenvalue weighted by Gasteiger charge is -2.34. The normalized spacial score (nSPS) is 13.1. The molecule has 0 unspecified atom stereocenters. The van der Waals surface area contributed by atoms with E-state index in [1.54, 1.807) is 0 Å². The summed E-state index contributed by atoms with van der Waals surface area (Å²) in [6, 6.07) is 65.1. The Kier molecular flexibility index (Phi) is 6.05. The highest BCUT2D eigenvalue weighted by atomic mass is 14.5. The van der Waals surface area contributed by atoms with Crippen molar-refractivity contribution in [2.45, 2.75) is 12.3 Å². The quantitative estimate of drug-likeness (QED) is 0.181. The SMILES string of the molecule is Cc1cccc(C2(c3ccc(-c4c5ccccc5c(-c5ccccc5)c5ccccc45)cc3)c3ccccc3-c3ccccc32)c1. The minimum absolute atomic E-state index is 0.404. The summed E-state index contributed by atoms with van der Waals surface area (Å²) in [5.41, 5.74) is 13.8. The van der Waals surface area contributed by atoms with Gasteiger partial charge in [-0.05, 0) is 84.1 Å². The maximum atomic E-state index is 2.38. The van der Waals surface area contributed by atoms with Crippen LogP contribution >= 0.6 is 0 Å². The van der Waals surface area contributed by atoms with Gasteiger partial charge in [0.15, 0.2) is 0 Å². The van der Waals surface area contributed by atoms with Crippen molar-refractivity contribution in [2.75, 3.05) is 0 Å². The first kappa shape index (κ1) is 26.7. The van der Waals surface area contributed by atoms with Crippen molar-refractivity contribution in [1.29, 1.82) is 0 Å². The van der Waals surface area contributed by atoms with Gasteiger partial charge in [-0.15, -0.1) is 0 Å². The van der Waals surface area contributed by atoms with Crippen LogP contribution in [0.4, 0.5) is 0 Å². The van der Waals surface area contributed by atoms with E-state index in [1.807, 2.05) is 0 Å². The molecule has 1 aliphatic rings. The zero-order valence-corrected chi connectivity index (χ0v) is 25.7. The molecular formula is C46H32. The highest BCUT2D eigenvalue weighted by Gasteiger charge is 2.45. The lowest BCUT2D eigenvalue weighted by atomic mass is 9.67. The van der Waals surface area contributed by atoms with Crippen LogP contribution in [0.15, 0.2) is 176 Å². The third-order valence-corrected chi connectivity index (χ3v) is 10.0. The third-order valence-electron chi connectivity index (χ3n) is 10.0. The molecule has 0 saturated carbocycles. The molecule has 46 heavy (non-hydrogen) atoms. The van der Waals surface area contributed by atoms with Gasteiger partial charge in [0.05, 0.1) is 5.41 Å². The molecular weight excluding hydrogens is 553 g/mol. The van der Waals surface area contributed by atoms with Crippen molar-refractivity contribution in [1.82, 2.24) is 0 Å². The minimum atomic E-state index is -0.404. The van der Waals surface area contributed by atoms with Gasteiger partial charge in [-0.1, -0.05) is 181 Å². The number of aryl methyl sites for hydroxylation is 1. The fraction of sp³-hybridized carbons (Fsp3) is 0.0435. The summed E-state index contributed by atoms with van der Waals surface area (Å²) in [7, 11) is 0. The predicted molar refractivity (Wildman–Crippen MR) is 194 cm³/mol. The first-order valence-corrected chi connectivity index (χ1v) is 16.1. The standard InChI is InChI=1S/C46H32/c1-31-14-13-17-35(30-31)46(42-24-11-9-18-36(42)37-19-10-12-25-43(37)46)34-28-26-33(27-29-34)45-40-22-7-5-20-38(40)44(32-15-3-2-4-16-32)39-21-6-8-23-41(39)45/h2-30H,1H3. The summed E-state index contributed by atoms with van der Waals surface area (Å²) in [6.45, 7) is 2.20. The average Bonchev–Trinajstić information content (AvgIpc) is 3.42. The van der Waals surface area contributed by atoms with E-state index in [4.69, 9.17) is 0 Å². The maximum absolute atomic E-state index is 2.38. The van der Waals surface area contributed by atoms with E-state index >= 15 is 0 Å². The molecule has 0 fully saturated rings. The molecule has 0 bridgehead atoms. The van der Waals surface area contributed by atoms with E-state index in [0.717, 1.165) is 0 Å². The minimum Gasteiger partial charge on any atom is -0.0622 e. The molecule has 0 nitrogen and oxygen atoms in total. The van der Waals surface area contributed by atoms with E-state index in [1.165, 1.54) is 82.7 Å². The molecule has 0 radical (unpaired) electrons. The van der Waals surface area contributed by atoms with Gasteiger partial charge in [0.1, 0.15) is 0 Å². The van der Waals surface area contributed by atoms with Crippen LogP contribution in [0.1, 0.15) is 27.8 Å². The van der Waals surface area contributed by atoms with Gasteiger partial charge in [-0.2, -0.15) is 0 Å². The van der Waals surface area contributed by atoms with Crippen LogP contribution in [0.2, 0.25) is 0 Å². The van der Waals surface area contributed by atoms with Crippen LogP contribution in [-0.2, 0) is 5.41 Å². The molecule has 216 valence electrons. The van der Waals surface area contributed by atoms with E-state index in [2.05, 4.69) is 183 Å². The second-order valence-electron chi connectivity index (χ2n) is 12.5. The number of hydrogen-bond donors (Lipinski definition) is 0. The number of rotatable bonds is 4. The van der Waals surface area contributed by atoms with Crippen LogP contribution in [0, 0.1) is 6.92 Å². The topological polar surface area (TPSA) is 0 Å². The smallest absolute Gasteiger partial charge is 0.0622 e. The second-order valence-corrected chi connectivity index (χ2v) is 12.5. The van der Waals surface area contributed by atoms with Crippen LogP contribution in [-0.4, -0.2) is 0 Å². The van der Waals surface area contributed by atoms with Crippen LogP contribution in [0.5, 0.6) is 0 Å². The Morgan fingerprint density at radius 1 is 0.348 bits per heavy atom. The molecule has 0 spiro atoms. The molecule has 0 aromatic heterocycles. The molecule has 0 atom stereocenters. The van der Waals surface area contributed by atoms with Gasteiger partial charge in [0, 0.05) is 0 Å². The van der Waals surface area contributed by atoms with Crippen molar-refractivity contribution in [3.63, 3.8) is 0 Å². The largest absolute Gasteiger partial charge is 0.0713 e. The molecule has 0 heterocycles. The Bertz CT molecular complexity index is 2310. The molecule has 0 amide bonds. The zero-order valence-electron chi connectivity index (χ0n) is 25.7. The molecule has 0 heteroatoms. The van der Waals surface area contributed by atoms with Crippen LogP contribution in [0.3, 0.4) is 0 Å². The summed E-state index contributed by atoms with van der Waals surface area (Å²) in [5, 5.41) is 5.11. The van der Waals surface area contributed by atoms with Gasteiger partial charge in [0.2, 0.25) is 0 Å². The molecule has 8 aromatic rings. The first-order chi connectivity index (χ1) is 22.7. The summed E-state index contributed by atoms with van der Waals surface area (Å²) >= 11 is 0. The Labute approximate surface area is 270 Å². The lowest BCUT2D eigenvalue weighted by molar-refractivity contribution is 0.767. The Balaban J connectivity index is 1.31. The second kappa shape index (κ2) is 10.4. The van der Waals surface area contributed by atoms with Crippen molar-refractivity contribution in [3.05, 3.63) is 204 Å². The van der Waals surface area contributed by atoms with E-state index < -0.39 is 5.41 Å². The highest BCUT2D eigenvalue weighted by molar-refractivity contribution is 6.21. The molecule has 0 saturated heterocycles. The van der Waals surface area contributed by atoms with Crippen molar-refractivity contribution >= 4 is 21.5 Å². The van der Waals surface area contributed by atoms with Crippen molar-refractivity contribution < 1.29 is 0 Å². The number of fused-ring (bicyclic) bond motifs is 5. The predicted octanol–water partition coefficient (Wildman–Crippen LogP) is 12.0. The van der Waals surface area contributed by atoms with Gasteiger partial charge >= 0.3 is 0 Å². The highest BCUT2D eigenvalue weighted by Crippen LogP contribution is 2.56. The van der Waals surface area contributed by atoms with Gasteiger partial charge in [0.25, 0.3) is 0 Å². The molecule has 8 aromatic carbocycles. The fourth-order valence-corrected chi connectivity index (χ4v) is 8.14. The summed E-state index contributed by atoms with van der Waals surface area (Å²) in [6.07, 6.45) is 0. The molecule has 0 N–H and O–H groups in total. The maximum Gasteiger partial charge on any atom is 0.0713 e. The van der Waals surface area contributed by atoms with Crippen molar-refractivity contribution in [2.24, 2.45) is 0 Å². The van der Waals surface area contributed by atoms with Gasteiger partial charge in [-0.25, -0.2) is 0 Å². The van der Waals surface area contributed by atoms with Gasteiger partial charge in [-0.3, -0.25) is 0 Å². The first-order valence-electron chi connectivity index (χ1n) is 16.1. The summed E-state index contributed by atoms with van der Waals surface area (Å²) < 4.78 is 0. The Morgan fingerprint density at radius 3 is 1.33 bits per heavy atom. The zero-order chi connectivity index (χ0) is 30.7. The molecule has 1 aliphatic carbocycles. The van der Waals surface area contributed by atoms with Crippen molar-refractivity contribution in [3.8, 4) is 33.4 Å². The van der Waals surface area contributed by atoms with E-state index in [-0.39, 0.29) is 0 Å². The average molecular weight is 585 g/mol. The Morgan fingerprint density at radius 2 is 0.804 bits per heavy atom. The van der Waals surface area contributed by atoms with E-state index in [0.29, 0.717) is 0 Å². The monoisotopic (exact) mass is 584 g/mol. The third kappa shape index (κ3) is 3.80. The number of benzene rings is 8. The van der Waals surface area contributed by atoms with E-state index in [9.17, 15) is 0 Å².